The van der Waals surface area contributed by atoms with Gasteiger partial charge in [0.2, 0.25) is 5.91 Å². The van der Waals surface area contributed by atoms with Gasteiger partial charge in [0.15, 0.2) is 0 Å². The van der Waals surface area contributed by atoms with E-state index in [1.165, 1.54) is 0 Å². The van der Waals surface area contributed by atoms with Crippen molar-refractivity contribution in [3.63, 3.8) is 0 Å². The lowest BCUT2D eigenvalue weighted by Crippen LogP contribution is -2.57. The van der Waals surface area contributed by atoms with Crippen molar-refractivity contribution in [3.05, 3.63) is 24.3 Å². The molecule has 0 unspecified atom stereocenters. The minimum absolute atomic E-state index is 0. The third-order valence-corrected chi connectivity index (χ3v) is 7.01. The highest BCUT2D eigenvalue weighted by molar-refractivity contribution is 5.85. The number of aliphatic hydroxyl groups is 2. The Morgan fingerprint density at radius 2 is 1.79 bits per heavy atom. The molecule has 3 N–H and O–H groups in total. The Labute approximate surface area is 208 Å². The van der Waals surface area contributed by atoms with Crippen LogP contribution >= 0.6 is 24.8 Å². The Bertz CT molecular complexity index is 745. The predicted molar refractivity (Wildman–Crippen MR) is 132 cm³/mol. The summed E-state index contributed by atoms with van der Waals surface area (Å²) in [5.41, 5.74) is 1.07. The second-order valence-electron chi connectivity index (χ2n) is 8.80. The van der Waals surface area contributed by atoms with E-state index in [0.29, 0.717) is 6.54 Å². The Morgan fingerprint density at radius 1 is 1.12 bits per heavy atom. The minimum atomic E-state index is -0.781. The van der Waals surface area contributed by atoms with Gasteiger partial charge in [0.1, 0.15) is 18.0 Å². The van der Waals surface area contributed by atoms with Crippen molar-refractivity contribution in [1.82, 2.24) is 10.2 Å². The molecule has 3 fully saturated rings. The number of nitrogens with zero attached hydrogens (tertiary/aromatic N) is 2. The van der Waals surface area contributed by atoms with Crippen LogP contribution in [0.25, 0.3) is 0 Å². The quantitative estimate of drug-likeness (QED) is 0.516. The third-order valence-electron chi connectivity index (χ3n) is 7.01. The molecule has 2 heterocycles. The topological polar surface area (TPSA) is 94.5 Å². The number of benzene rings is 1. The second kappa shape index (κ2) is 13.0. The average Bonchev–Trinajstić information content (AvgIpc) is 3.46. The minimum Gasteiger partial charge on any atom is -0.495 e. The molecule has 0 radical (unpaired) electrons. The van der Waals surface area contributed by atoms with Gasteiger partial charge in [-0.25, -0.2) is 0 Å². The van der Waals surface area contributed by atoms with Crippen LogP contribution < -0.4 is 15.0 Å². The maximum atomic E-state index is 12.5. The van der Waals surface area contributed by atoms with E-state index in [2.05, 4.69) is 21.2 Å². The average molecular weight is 506 g/mol. The van der Waals surface area contributed by atoms with E-state index in [1.807, 2.05) is 18.2 Å². The molecule has 1 amide bonds. The molecule has 1 aromatic carbocycles. The van der Waals surface area contributed by atoms with Gasteiger partial charge in [-0.2, -0.15) is 0 Å². The van der Waals surface area contributed by atoms with Crippen molar-refractivity contribution in [2.75, 3.05) is 51.3 Å². The fraction of sp³-hybridized carbons (Fsp3) is 0.696. The molecule has 1 aliphatic carbocycles. The first-order valence-electron chi connectivity index (χ1n) is 11.5. The first kappa shape index (κ1) is 28.0. The zero-order valence-corrected chi connectivity index (χ0v) is 20.7. The molecule has 1 aromatic rings. The lowest BCUT2D eigenvalue weighted by Gasteiger charge is -2.41. The molecular formula is C23H37Cl2N3O5. The number of aliphatic hydroxyl groups excluding tert-OH is 2. The number of halogens is 2. The fourth-order valence-corrected chi connectivity index (χ4v) is 5.28. The van der Waals surface area contributed by atoms with Gasteiger partial charge in [0, 0.05) is 38.6 Å². The van der Waals surface area contributed by atoms with E-state index < -0.39 is 12.2 Å². The summed E-state index contributed by atoms with van der Waals surface area (Å²) in [6, 6.07) is 7.75. The summed E-state index contributed by atoms with van der Waals surface area (Å²) < 4.78 is 11.5. The van der Waals surface area contributed by atoms with Crippen molar-refractivity contribution in [2.24, 2.45) is 5.92 Å². The van der Waals surface area contributed by atoms with Crippen LogP contribution in [0, 0.1) is 5.92 Å². The van der Waals surface area contributed by atoms with Crippen molar-refractivity contribution in [2.45, 2.75) is 50.0 Å². The number of nitrogens with one attached hydrogen (secondary N) is 1. The van der Waals surface area contributed by atoms with Gasteiger partial charge >= 0.3 is 0 Å². The number of amides is 1. The van der Waals surface area contributed by atoms with Gasteiger partial charge in [-0.3, -0.25) is 9.69 Å². The van der Waals surface area contributed by atoms with E-state index in [-0.39, 0.29) is 55.4 Å². The van der Waals surface area contributed by atoms with Crippen molar-refractivity contribution in [3.8, 4) is 5.75 Å². The molecule has 0 bridgehead atoms. The van der Waals surface area contributed by atoms with E-state index in [9.17, 15) is 15.0 Å². The van der Waals surface area contributed by atoms with Crippen LogP contribution in [0.1, 0.15) is 25.7 Å². The van der Waals surface area contributed by atoms with Gasteiger partial charge in [-0.15, -0.1) is 24.8 Å². The van der Waals surface area contributed by atoms with Crippen LogP contribution in [0.15, 0.2) is 24.3 Å². The number of anilines is 1. The molecule has 0 spiro atoms. The number of piperazine rings is 1. The van der Waals surface area contributed by atoms with Crippen LogP contribution in [-0.4, -0.2) is 91.8 Å². The van der Waals surface area contributed by atoms with Crippen molar-refractivity contribution < 1.29 is 24.5 Å². The smallest absolute Gasteiger partial charge is 0.223 e. The number of para-hydroxylation sites is 2. The Hall–Kier alpha value is -1.29. The largest absolute Gasteiger partial charge is 0.495 e. The number of carbonyl (C=O) groups excluding carboxylic acids is 1. The molecule has 8 nitrogen and oxygen atoms in total. The molecule has 2 aliphatic heterocycles. The second-order valence-corrected chi connectivity index (χ2v) is 8.80. The SMILES string of the molecule is COc1ccccc1N1CCN([C@@H]2[C@H](O)[C@H](CO)O[C@@H]2CNC(=O)C2CCCC2)CC1.Cl.Cl. The van der Waals surface area contributed by atoms with Crippen LogP contribution in [0.2, 0.25) is 0 Å². The summed E-state index contributed by atoms with van der Waals surface area (Å²) in [6.45, 7) is 3.25. The molecule has 0 aromatic heterocycles. The standard InChI is InChI=1S/C23H35N3O5.2ClH/c1-30-18-9-5-4-8-17(18)25-10-12-26(13-11-25)21-19(31-20(15-27)22(21)28)14-24-23(29)16-6-2-3-7-16;;/h4-5,8-9,16,19-22,27-28H,2-3,6-7,10-15H2,1H3,(H,24,29);2*1H/t19-,20+,21+,22-;;/m1../s1. The van der Waals surface area contributed by atoms with Gasteiger partial charge in [-0.1, -0.05) is 25.0 Å². The van der Waals surface area contributed by atoms with E-state index >= 15 is 0 Å². The number of rotatable bonds is 7. The third kappa shape index (κ3) is 6.24. The maximum absolute atomic E-state index is 12.5. The number of methoxy groups -OCH3 is 1. The highest BCUT2D eigenvalue weighted by Gasteiger charge is 2.47. The van der Waals surface area contributed by atoms with Gasteiger partial charge in [-0.05, 0) is 25.0 Å². The molecule has 4 rings (SSSR count). The zero-order valence-electron chi connectivity index (χ0n) is 19.1. The summed E-state index contributed by atoms with van der Waals surface area (Å²) in [5, 5.41) is 23.5. The molecule has 2 saturated heterocycles. The number of ether oxygens (including phenoxy) is 2. The summed E-state index contributed by atoms with van der Waals surface area (Å²) in [7, 11) is 1.68. The van der Waals surface area contributed by atoms with Crippen LogP contribution in [-0.2, 0) is 9.53 Å². The number of carbonyl (C=O) groups is 1. The molecule has 188 valence electrons. The summed E-state index contributed by atoms with van der Waals surface area (Å²) in [5.74, 6) is 1.04. The predicted octanol–water partition coefficient (Wildman–Crippen LogP) is 1.46. The molecule has 4 atom stereocenters. The highest BCUT2D eigenvalue weighted by Crippen LogP contribution is 2.31. The van der Waals surface area contributed by atoms with E-state index in [1.54, 1.807) is 7.11 Å². The fourth-order valence-electron chi connectivity index (χ4n) is 5.28. The normalized spacial score (nSPS) is 28.2. The maximum Gasteiger partial charge on any atom is 0.223 e. The van der Waals surface area contributed by atoms with Gasteiger partial charge in [0.25, 0.3) is 0 Å². The van der Waals surface area contributed by atoms with Gasteiger partial charge < -0.3 is 29.9 Å². The monoisotopic (exact) mass is 505 g/mol. The van der Waals surface area contributed by atoms with Crippen LogP contribution in [0.3, 0.4) is 0 Å². The summed E-state index contributed by atoms with van der Waals surface area (Å²) in [6.07, 6.45) is 2.39. The molecule has 3 aliphatic rings. The first-order valence-corrected chi connectivity index (χ1v) is 11.5. The molecule has 33 heavy (non-hydrogen) atoms. The number of hydrogen-bond donors (Lipinski definition) is 3. The Kier molecular flexibility index (Phi) is 11.0. The van der Waals surface area contributed by atoms with Crippen LogP contribution in [0.4, 0.5) is 5.69 Å². The lowest BCUT2D eigenvalue weighted by atomic mass is 10.0. The van der Waals surface area contributed by atoms with Gasteiger partial charge in [0.05, 0.1) is 31.5 Å². The summed E-state index contributed by atoms with van der Waals surface area (Å²) >= 11 is 0. The van der Waals surface area contributed by atoms with E-state index in [0.717, 1.165) is 63.3 Å². The van der Waals surface area contributed by atoms with Crippen molar-refractivity contribution in [1.29, 1.82) is 0 Å². The van der Waals surface area contributed by atoms with Crippen molar-refractivity contribution >= 4 is 36.4 Å². The Morgan fingerprint density at radius 3 is 2.42 bits per heavy atom. The first-order chi connectivity index (χ1) is 15.1. The number of hydrogen-bond acceptors (Lipinski definition) is 7. The summed E-state index contributed by atoms with van der Waals surface area (Å²) in [4.78, 5) is 17.0. The molecule has 10 heteroatoms. The Balaban J connectivity index is 0.00000193. The van der Waals surface area contributed by atoms with E-state index in [4.69, 9.17) is 9.47 Å². The zero-order chi connectivity index (χ0) is 21.8. The lowest BCUT2D eigenvalue weighted by molar-refractivity contribution is -0.125. The molecule has 1 saturated carbocycles. The highest BCUT2D eigenvalue weighted by atomic mass is 35.5. The molecular weight excluding hydrogens is 469 g/mol. The van der Waals surface area contributed by atoms with Crippen LogP contribution in [0.5, 0.6) is 5.75 Å².